The Labute approximate surface area is 110 Å². The van der Waals surface area contributed by atoms with Gasteiger partial charge in [-0.05, 0) is 17.7 Å². The van der Waals surface area contributed by atoms with Crippen LogP contribution in [0.1, 0.15) is 17.2 Å². The number of nitro groups is 1. The summed E-state index contributed by atoms with van der Waals surface area (Å²) in [5.41, 5.74) is 0.698. The SMILES string of the molecule is COc1ccc(C(O)c2ccccc2)c([N+](=O)[O-])c1. The highest BCUT2D eigenvalue weighted by atomic mass is 16.6. The molecule has 1 atom stereocenters. The summed E-state index contributed by atoms with van der Waals surface area (Å²) in [7, 11) is 1.44. The third kappa shape index (κ3) is 2.71. The molecule has 2 rings (SSSR count). The van der Waals surface area contributed by atoms with Crippen molar-refractivity contribution in [3.63, 3.8) is 0 Å². The number of nitrogens with zero attached hydrogens (tertiary/aromatic N) is 1. The molecular weight excluding hydrogens is 246 g/mol. The second-order valence-corrected chi connectivity index (χ2v) is 4.00. The average molecular weight is 259 g/mol. The van der Waals surface area contributed by atoms with Crippen molar-refractivity contribution in [2.24, 2.45) is 0 Å². The Hall–Kier alpha value is -2.40. The van der Waals surface area contributed by atoms with Crippen LogP contribution in [0.5, 0.6) is 5.75 Å². The average Bonchev–Trinajstić information content (AvgIpc) is 2.46. The smallest absolute Gasteiger partial charge is 0.279 e. The molecule has 0 spiro atoms. The van der Waals surface area contributed by atoms with Crippen LogP contribution < -0.4 is 4.74 Å². The van der Waals surface area contributed by atoms with Gasteiger partial charge >= 0.3 is 0 Å². The largest absolute Gasteiger partial charge is 0.497 e. The number of ether oxygens (including phenoxy) is 1. The van der Waals surface area contributed by atoms with Crippen LogP contribution in [0.3, 0.4) is 0 Å². The Morgan fingerprint density at radius 2 is 1.89 bits per heavy atom. The number of benzene rings is 2. The van der Waals surface area contributed by atoms with E-state index in [4.69, 9.17) is 4.74 Å². The van der Waals surface area contributed by atoms with E-state index < -0.39 is 11.0 Å². The van der Waals surface area contributed by atoms with Gasteiger partial charge in [-0.15, -0.1) is 0 Å². The van der Waals surface area contributed by atoms with Crippen molar-refractivity contribution in [1.82, 2.24) is 0 Å². The first-order valence-electron chi connectivity index (χ1n) is 5.69. The van der Waals surface area contributed by atoms with Gasteiger partial charge < -0.3 is 9.84 Å². The molecule has 0 aliphatic carbocycles. The van der Waals surface area contributed by atoms with Crippen LogP contribution in [0.4, 0.5) is 5.69 Å². The van der Waals surface area contributed by atoms with E-state index in [9.17, 15) is 15.2 Å². The summed E-state index contributed by atoms with van der Waals surface area (Å²) in [5, 5.41) is 21.3. The van der Waals surface area contributed by atoms with Crippen LogP contribution >= 0.6 is 0 Å². The number of nitro benzene ring substituents is 1. The number of rotatable bonds is 4. The van der Waals surface area contributed by atoms with E-state index in [-0.39, 0.29) is 11.3 Å². The molecule has 0 fully saturated rings. The van der Waals surface area contributed by atoms with E-state index in [0.717, 1.165) is 0 Å². The Balaban J connectivity index is 2.47. The van der Waals surface area contributed by atoms with Gasteiger partial charge in [-0.25, -0.2) is 0 Å². The zero-order valence-corrected chi connectivity index (χ0v) is 10.3. The van der Waals surface area contributed by atoms with Crippen molar-refractivity contribution in [3.05, 3.63) is 69.8 Å². The van der Waals surface area contributed by atoms with E-state index >= 15 is 0 Å². The molecule has 0 aliphatic rings. The molecule has 1 N–H and O–H groups in total. The standard InChI is InChI=1S/C14H13NO4/c1-19-11-7-8-12(13(9-11)15(17)18)14(16)10-5-3-2-4-6-10/h2-9,14,16H,1H3. The first-order valence-corrected chi connectivity index (χ1v) is 5.69. The summed E-state index contributed by atoms with van der Waals surface area (Å²) >= 11 is 0. The molecule has 2 aromatic rings. The summed E-state index contributed by atoms with van der Waals surface area (Å²) in [6.45, 7) is 0. The van der Waals surface area contributed by atoms with Crippen LogP contribution in [-0.4, -0.2) is 17.1 Å². The minimum Gasteiger partial charge on any atom is -0.497 e. The first-order chi connectivity index (χ1) is 9.13. The molecule has 19 heavy (non-hydrogen) atoms. The predicted molar refractivity (Wildman–Crippen MR) is 70.2 cm³/mol. The van der Waals surface area contributed by atoms with Gasteiger partial charge in [0.05, 0.1) is 23.7 Å². The monoisotopic (exact) mass is 259 g/mol. The van der Waals surface area contributed by atoms with E-state index in [0.29, 0.717) is 11.3 Å². The highest BCUT2D eigenvalue weighted by Gasteiger charge is 2.22. The van der Waals surface area contributed by atoms with Gasteiger partial charge in [-0.1, -0.05) is 30.3 Å². The minimum absolute atomic E-state index is 0.157. The van der Waals surface area contributed by atoms with Crippen molar-refractivity contribution in [3.8, 4) is 5.75 Å². The maximum absolute atomic E-state index is 11.1. The molecule has 0 aliphatic heterocycles. The molecule has 98 valence electrons. The third-order valence-corrected chi connectivity index (χ3v) is 2.84. The molecule has 1 unspecified atom stereocenters. The Morgan fingerprint density at radius 1 is 1.21 bits per heavy atom. The second kappa shape index (κ2) is 5.49. The van der Waals surface area contributed by atoms with Gasteiger partial charge in [0.15, 0.2) is 0 Å². The minimum atomic E-state index is -1.03. The van der Waals surface area contributed by atoms with Crippen LogP contribution in [0.2, 0.25) is 0 Å². The summed E-state index contributed by atoms with van der Waals surface area (Å²) in [4.78, 5) is 10.5. The summed E-state index contributed by atoms with van der Waals surface area (Å²) in [6.07, 6.45) is -1.03. The van der Waals surface area contributed by atoms with Crippen molar-refractivity contribution >= 4 is 5.69 Å². The van der Waals surface area contributed by atoms with E-state index in [2.05, 4.69) is 0 Å². The fourth-order valence-corrected chi connectivity index (χ4v) is 1.85. The molecule has 0 amide bonds. The lowest BCUT2D eigenvalue weighted by molar-refractivity contribution is -0.386. The zero-order chi connectivity index (χ0) is 13.8. The Kier molecular flexibility index (Phi) is 3.77. The van der Waals surface area contributed by atoms with Gasteiger partial charge in [0.2, 0.25) is 0 Å². The number of aliphatic hydroxyl groups is 1. The normalized spacial score (nSPS) is 11.9. The predicted octanol–water partition coefficient (Wildman–Crippen LogP) is 2.69. The number of hydrogen-bond acceptors (Lipinski definition) is 4. The lowest BCUT2D eigenvalue weighted by Gasteiger charge is -2.12. The molecule has 0 saturated carbocycles. The molecule has 5 nitrogen and oxygen atoms in total. The van der Waals surface area contributed by atoms with Crippen molar-refractivity contribution in [2.45, 2.75) is 6.10 Å². The summed E-state index contributed by atoms with van der Waals surface area (Å²) in [5.74, 6) is 0.385. The van der Waals surface area contributed by atoms with Crippen LogP contribution in [0.25, 0.3) is 0 Å². The molecule has 0 radical (unpaired) electrons. The van der Waals surface area contributed by atoms with E-state index in [1.54, 1.807) is 30.3 Å². The topological polar surface area (TPSA) is 72.6 Å². The molecular formula is C14H13NO4. The third-order valence-electron chi connectivity index (χ3n) is 2.84. The second-order valence-electron chi connectivity index (χ2n) is 4.00. The molecule has 0 saturated heterocycles. The van der Waals surface area contributed by atoms with Crippen LogP contribution in [-0.2, 0) is 0 Å². The Bertz CT molecular complexity index is 583. The highest BCUT2D eigenvalue weighted by molar-refractivity contribution is 5.49. The van der Waals surface area contributed by atoms with Crippen molar-refractivity contribution in [1.29, 1.82) is 0 Å². The molecule has 0 heterocycles. The van der Waals surface area contributed by atoms with Gasteiger partial charge in [-0.2, -0.15) is 0 Å². The molecule has 0 aromatic heterocycles. The maximum Gasteiger partial charge on any atom is 0.279 e. The highest BCUT2D eigenvalue weighted by Crippen LogP contribution is 2.32. The van der Waals surface area contributed by atoms with E-state index in [1.165, 1.54) is 19.2 Å². The number of hydrogen-bond donors (Lipinski definition) is 1. The molecule has 0 bridgehead atoms. The van der Waals surface area contributed by atoms with Gasteiger partial charge in [-0.3, -0.25) is 10.1 Å². The van der Waals surface area contributed by atoms with E-state index in [1.807, 2.05) is 6.07 Å². The lowest BCUT2D eigenvalue weighted by atomic mass is 10.00. The maximum atomic E-state index is 11.1. The van der Waals surface area contributed by atoms with Crippen molar-refractivity contribution in [2.75, 3.05) is 7.11 Å². The summed E-state index contributed by atoms with van der Waals surface area (Å²) < 4.78 is 4.96. The summed E-state index contributed by atoms with van der Waals surface area (Å²) in [6, 6.07) is 13.2. The van der Waals surface area contributed by atoms with Gasteiger partial charge in [0, 0.05) is 0 Å². The van der Waals surface area contributed by atoms with Crippen molar-refractivity contribution < 1.29 is 14.8 Å². The number of aliphatic hydroxyl groups excluding tert-OH is 1. The molecule has 5 heteroatoms. The van der Waals surface area contributed by atoms with Gasteiger partial charge in [0.25, 0.3) is 5.69 Å². The first kappa shape index (κ1) is 13.0. The van der Waals surface area contributed by atoms with Gasteiger partial charge in [0.1, 0.15) is 11.9 Å². The Morgan fingerprint density at radius 3 is 2.47 bits per heavy atom. The van der Waals surface area contributed by atoms with Crippen LogP contribution in [0, 0.1) is 10.1 Å². The fourth-order valence-electron chi connectivity index (χ4n) is 1.85. The zero-order valence-electron chi connectivity index (χ0n) is 10.3. The fraction of sp³-hybridized carbons (Fsp3) is 0.143. The van der Waals surface area contributed by atoms with Crippen LogP contribution in [0.15, 0.2) is 48.5 Å². The lowest BCUT2D eigenvalue weighted by Crippen LogP contribution is -2.04. The molecule has 2 aromatic carbocycles. The quantitative estimate of drug-likeness (QED) is 0.676. The number of methoxy groups -OCH3 is 1.